The van der Waals surface area contributed by atoms with Gasteiger partial charge in [-0.1, -0.05) is 24.3 Å². The quantitative estimate of drug-likeness (QED) is 0.844. The molecule has 0 radical (unpaired) electrons. The highest BCUT2D eigenvalue weighted by Crippen LogP contribution is 2.27. The van der Waals surface area contributed by atoms with Crippen molar-refractivity contribution in [1.29, 1.82) is 0 Å². The van der Waals surface area contributed by atoms with Crippen LogP contribution < -0.4 is 5.32 Å². The van der Waals surface area contributed by atoms with Crippen LogP contribution in [0.5, 0.6) is 0 Å². The molecular weight excluding hydrogens is 233 g/mol. The van der Waals surface area contributed by atoms with Crippen LogP contribution in [0.2, 0.25) is 0 Å². The number of carboxylic acid groups (broad SMARTS) is 1. The molecule has 1 heterocycles. The molecule has 1 aromatic carbocycles. The Kier molecular flexibility index (Phi) is 4.31. The van der Waals surface area contributed by atoms with E-state index in [1.165, 1.54) is 0 Å². The first-order valence-electron chi connectivity index (χ1n) is 6.31. The van der Waals surface area contributed by atoms with Crippen LogP contribution in [-0.2, 0) is 11.2 Å². The SMILES string of the molecule is O=C(O)C1CNC(c2ccc(CCCF)cc2)C1. The summed E-state index contributed by atoms with van der Waals surface area (Å²) < 4.78 is 12.1. The molecule has 1 saturated heterocycles. The van der Waals surface area contributed by atoms with E-state index < -0.39 is 5.97 Å². The Balaban J connectivity index is 1.96. The van der Waals surface area contributed by atoms with Crippen LogP contribution in [0.1, 0.15) is 30.0 Å². The molecule has 1 aromatic rings. The highest BCUT2D eigenvalue weighted by molar-refractivity contribution is 5.70. The molecule has 1 aliphatic heterocycles. The number of alkyl halides is 1. The second-order valence-electron chi connectivity index (χ2n) is 4.77. The Bertz CT molecular complexity index is 405. The molecule has 0 amide bonds. The molecule has 0 bridgehead atoms. The van der Waals surface area contributed by atoms with Crippen molar-refractivity contribution in [2.45, 2.75) is 25.3 Å². The van der Waals surface area contributed by atoms with E-state index in [1.54, 1.807) is 0 Å². The van der Waals surface area contributed by atoms with Gasteiger partial charge in [0.15, 0.2) is 0 Å². The Morgan fingerprint density at radius 2 is 2.11 bits per heavy atom. The van der Waals surface area contributed by atoms with Crippen molar-refractivity contribution in [2.24, 2.45) is 5.92 Å². The van der Waals surface area contributed by atoms with E-state index in [0.29, 0.717) is 19.4 Å². The highest BCUT2D eigenvalue weighted by Gasteiger charge is 2.29. The minimum absolute atomic E-state index is 0.126. The average Bonchev–Trinajstić information content (AvgIpc) is 2.87. The summed E-state index contributed by atoms with van der Waals surface area (Å²) in [6, 6.07) is 8.15. The van der Waals surface area contributed by atoms with Crippen molar-refractivity contribution in [2.75, 3.05) is 13.2 Å². The first-order valence-corrected chi connectivity index (χ1v) is 6.31. The maximum Gasteiger partial charge on any atom is 0.307 e. The molecule has 0 aromatic heterocycles. The number of carboxylic acids is 1. The van der Waals surface area contributed by atoms with Crippen molar-refractivity contribution in [1.82, 2.24) is 5.32 Å². The molecule has 3 nitrogen and oxygen atoms in total. The minimum Gasteiger partial charge on any atom is -0.481 e. The summed E-state index contributed by atoms with van der Waals surface area (Å²) in [4.78, 5) is 10.9. The molecule has 1 fully saturated rings. The van der Waals surface area contributed by atoms with Crippen LogP contribution in [0.25, 0.3) is 0 Å². The Hall–Kier alpha value is -1.42. The summed E-state index contributed by atoms with van der Waals surface area (Å²) in [7, 11) is 0. The van der Waals surface area contributed by atoms with Gasteiger partial charge in [-0.3, -0.25) is 9.18 Å². The molecule has 18 heavy (non-hydrogen) atoms. The molecule has 98 valence electrons. The van der Waals surface area contributed by atoms with Crippen molar-refractivity contribution in [3.05, 3.63) is 35.4 Å². The third-order valence-corrected chi connectivity index (χ3v) is 3.46. The third-order valence-electron chi connectivity index (χ3n) is 3.46. The summed E-state index contributed by atoms with van der Waals surface area (Å²) >= 11 is 0. The van der Waals surface area contributed by atoms with Crippen LogP contribution in [0.15, 0.2) is 24.3 Å². The second kappa shape index (κ2) is 5.96. The largest absolute Gasteiger partial charge is 0.481 e. The lowest BCUT2D eigenvalue weighted by molar-refractivity contribution is -0.141. The van der Waals surface area contributed by atoms with Gasteiger partial charge in [-0.25, -0.2) is 0 Å². The average molecular weight is 251 g/mol. The standard InChI is InChI=1S/C14H18FNO2/c15-7-1-2-10-3-5-11(6-4-10)13-8-12(9-16-13)14(17)18/h3-6,12-13,16H,1-2,7-9H2,(H,17,18). The van der Waals surface area contributed by atoms with Crippen LogP contribution >= 0.6 is 0 Å². The molecule has 1 aliphatic rings. The fourth-order valence-electron chi connectivity index (χ4n) is 2.37. The van der Waals surface area contributed by atoms with Gasteiger partial charge < -0.3 is 10.4 Å². The van der Waals surface area contributed by atoms with Crippen LogP contribution in [0.4, 0.5) is 4.39 Å². The number of aliphatic carboxylic acids is 1. The van der Waals surface area contributed by atoms with E-state index in [2.05, 4.69) is 5.32 Å². The van der Waals surface area contributed by atoms with E-state index >= 15 is 0 Å². The molecule has 2 unspecified atom stereocenters. The maximum atomic E-state index is 12.1. The first kappa shape index (κ1) is 13.0. The molecule has 4 heteroatoms. The lowest BCUT2D eigenvalue weighted by Gasteiger charge is -2.11. The van der Waals surface area contributed by atoms with Gasteiger partial charge in [0, 0.05) is 12.6 Å². The smallest absolute Gasteiger partial charge is 0.307 e. The topological polar surface area (TPSA) is 49.3 Å². The molecule has 0 spiro atoms. The number of rotatable bonds is 5. The lowest BCUT2D eigenvalue weighted by Crippen LogP contribution is -2.17. The predicted octanol–water partition coefficient (Wildman–Crippen LogP) is 2.32. The van der Waals surface area contributed by atoms with Crippen LogP contribution in [-0.4, -0.2) is 24.3 Å². The predicted molar refractivity (Wildman–Crippen MR) is 67.2 cm³/mol. The fraction of sp³-hybridized carbons (Fsp3) is 0.500. The van der Waals surface area contributed by atoms with E-state index in [1.807, 2.05) is 24.3 Å². The summed E-state index contributed by atoms with van der Waals surface area (Å²) in [6.45, 7) is 0.246. The van der Waals surface area contributed by atoms with Crippen LogP contribution in [0.3, 0.4) is 0 Å². The summed E-state index contributed by atoms with van der Waals surface area (Å²) in [6.07, 6.45) is 1.95. The lowest BCUT2D eigenvalue weighted by atomic mass is 9.98. The number of carbonyl (C=O) groups is 1. The summed E-state index contributed by atoms with van der Waals surface area (Å²) in [5, 5.41) is 12.2. The molecule has 0 saturated carbocycles. The van der Waals surface area contributed by atoms with Gasteiger partial charge in [-0.2, -0.15) is 0 Å². The number of hydrogen-bond acceptors (Lipinski definition) is 2. The molecule has 2 N–H and O–H groups in total. The number of halogens is 1. The van der Waals surface area contributed by atoms with Gasteiger partial charge in [0.25, 0.3) is 0 Å². The normalized spacial score (nSPS) is 23.2. The Morgan fingerprint density at radius 1 is 1.39 bits per heavy atom. The molecule has 2 rings (SSSR count). The van der Waals surface area contributed by atoms with Gasteiger partial charge >= 0.3 is 5.97 Å². The zero-order valence-corrected chi connectivity index (χ0v) is 10.2. The first-order chi connectivity index (χ1) is 8.70. The third kappa shape index (κ3) is 3.07. The summed E-state index contributed by atoms with van der Waals surface area (Å²) in [5.74, 6) is -1.02. The van der Waals surface area contributed by atoms with Crippen LogP contribution in [0, 0.1) is 5.92 Å². The van der Waals surface area contributed by atoms with Crippen molar-refractivity contribution in [3.63, 3.8) is 0 Å². The Morgan fingerprint density at radius 3 is 2.67 bits per heavy atom. The Labute approximate surface area is 106 Å². The van der Waals surface area contributed by atoms with E-state index in [-0.39, 0.29) is 18.6 Å². The second-order valence-corrected chi connectivity index (χ2v) is 4.77. The number of aryl methyl sites for hydroxylation is 1. The van der Waals surface area contributed by atoms with E-state index in [0.717, 1.165) is 17.5 Å². The molecule has 2 atom stereocenters. The molecular formula is C14H18FNO2. The van der Waals surface area contributed by atoms with Crippen molar-refractivity contribution < 1.29 is 14.3 Å². The monoisotopic (exact) mass is 251 g/mol. The fourth-order valence-corrected chi connectivity index (χ4v) is 2.37. The van der Waals surface area contributed by atoms with Crippen molar-refractivity contribution >= 4 is 5.97 Å². The van der Waals surface area contributed by atoms with Gasteiger partial charge in [0.1, 0.15) is 0 Å². The number of nitrogens with one attached hydrogen (secondary N) is 1. The molecule has 0 aliphatic carbocycles. The number of benzene rings is 1. The van der Waals surface area contributed by atoms with Gasteiger partial charge in [-0.15, -0.1) is 0 Å². The van der Waals surface area contributed by atoms with E-state index in [9.17, 15) is 9.18 Å². The zero-order chi connectivity index (χ0) is 13.0. The minimum atomic E-state index is -0.732. The highest BCUT2D eigenvalue weighted by atomic mass is 19.1. The van der Waals surface area contributed by atoms with Gasteiger partial charge in [0.05, 0.1) is 12.6 Å². The summed E-state index contributed by atoms with van der Waals surface area (Å²) in [5.41, 5.74) is 2.24. The van der Waals surface area contributed by atoms with Gasteiger partial charge in [0.2, 0.25) is 0 Å². The number of hydrogen-bond donors (Lipinski definition) is 2. The maximum absolute atomic E-state index is 12.1. The zero-order valence-electron chi connectivity index (χ0n) is 10.2. The van der Waals surface area contributed by atoms with Gasteiger partial charge in [-0.05, 0) is 30.4 Å². The van der Waals surface area contributed by atoms with Crippen molar-refractivity contribution in [3.8, 4) is 0 Å². The van der Waals surface area contributed by atoms with E-state index in [4.69, 9.17) is 5.11 Å².